The number of aromatic nitrogens is 6. The summed E-state index contributed by atoms with van der Waals surface area (Å²) in [4.78, 5) is 15.1. The number of hydrogen-bond acceptors (Lipinski definition) is 3. The Labute approximate surface area is 392 Å². The molecule has 68 heavy (non-hydrogen) atoms. The van der Waals surface area contributed by atoms with Crippen LogP contribution < -0.4 is 0 Å². The third kappa shape index (κ3) is 5.67. The minimum Gasteiger partial charge on any atom is -0.316 e. The molecule has 0 unspecified atom stereocenters. The Hall–Kier alpha value is -8.87. The minimum atomic E-state index is -0.184. The van der Waals surface area contributed by atoms with Crippen molar-refractivity contribution >= 4 is 54.5 Å². The molecule has 0 fully saturated rings. The molecule has 1 aliphatic rings. The molecular formula is C62H42N6. The van der Waals surface area contributed by atoms with Gasteiger partial charge in [0, 0.05) is 72.3 Å². The fourth-order valence-corrected chi connectivity index (χ4v) is 11.0. The van der Waals surface area contributed by atoms with Crippen LogP contribution in [0.5, 0.6) is 0 Å². The van der Waals surface area contributed by atoms with Crippen molar-refractivity contribution in [2.75, 3.05) is 0 Å². The molecule has 9 aromatic carbocycles. The fourth-order valence-electron chi connectivity index (χ4n) is 11.0. The normalized spacial score (nSPS) is 13.0. The SMILES string of the molecule is CC1(C)c2ccccc2-n2ccc3c2c1cc1c2cc(-c4ccc5c(c4)c4ccccc4n5-c4cccc(-c5nc(-c6ccccc6)nc(-c6ccccc6)n5)c4)ccc2n(-c2ccccc2)c13. The van der Waals surface area contributed by atoms with Gasteiger partial charge in [0.05, 0.1) is 27.6 Å². The molecule has 0 N–H and O–H groups in total. The molecule has 4 aromatic heterocycles. The van der Waals surface area contributed by atoms with Crippen molar-refractivity contribution in [1.29, 1.82) is 0 Å². The van der Waals surface area contributed by atoms with E-state index in [4.69, 9.17) is 15.0 Å². The van der Waals surface area contributed by atoms with Crippen molar-refractivity contribution in [3.8, 4) is 62.4 Å². The second-order valence-electron chi connectivity index (χ2n) is 18.5. The van der Waals surface area contributed by atoms with Gasteiger partial charge in [-0.1, -0.05) is 153 Å². The highest BCUT2D eigenvalue weighted by atomic mass is 15.0. The molecular weight excluding hydrogens is 829 g/mol. The molecule has 5 heterocycles. The van der Waals surface area contributed by atoms with E-state index < -0.39 is 0 Å². The Kier molecular flexibility index (Phi) is 8.23. The second-order valence-corrected chi connectivity index (χ2v) is 18.5. The van der Waals surface area contributed by atoms with Crippen LogP contribution in [0.4, 0.5) is 0 Å². The fraction of sp³-hybridized carbons (Fsp3) is 0.0484. The van der Waals surface area contributed by atoms with E-state index in [2.05, 4.69) is 185 Å². The molecule has 0 radical (unpaired) electrons. The Morgan fingerprint density at radius 1 is 0.338 bits per heavy atom. The molecule has 1 aliphatic heterocycles. The topological polar surface area (TPSA) is 53.5 Å². The molecule has 6 nitrogen and oxygen atoms in total. The molecule has 0 saturated carbocycles. The first-order chi connectivity index (χ1) is 33.5. The van der Waals surface area contributed by atoms with Gasteiger partial charge in [0.2, 0.25) is 0 Å². The van der Waals surface area contributed by atoms with Crippen LogP contribution in [0, 0.1) is 0 Å². The molecule has 320 valence electrons. The zero-order valence-corrected chi connectivity index (χ0v) is 37.5. The van der Waals surface area contributed by atoms with Gasteiger partial charge in [0.15, 0.2) is 17.5 Å². The maximum Gasteiger partial charge on any atom is 0.164 e. The summed E-state index contributed by atoms with van der Waals surface area (Å²) in [5.74, 6) is 1.91. The van der Waals surface area contributed by atoms with Crippen LogP contribution >= 0.6 is 0 Å². The summed E-state index contributed by atoms with van der Waals surface area (Å²) in [6, 6.07) is 76.1. The number of rotatable bonds is 6. The van der Waals surface area contributed by atoms with Gasteiger partial charge in [0.1, 0.15) is 0 Å². The van der Waals surface area contributed by atoms with E-state index in [9.17, 15) is 0 Å². The standard InChI is InChI=1S/C62H42N6/c1-62(2)51-26-13-15-28-56(51)66-34-33-47-57-50(38-52(62)58(47)66)49-37-42(30-32-55(49)68(57)44-22-10-5-11-23-44)41-29-31-54-48(36-41)46-25-12-14-27-53(46)67(54)45-24-16-21-43(35-45)61-64-59(39-17-6-3-7-18-39)63-60(65-61)40-19-8-4-9-20-40/h3-38H,1-2H3. The monoisotopic (exact) mass is 870 g/mol. The smallest absolute Gasteiger partial charge is 0.164 e. The van der Waals surface area contributed by atoms with E-state index in [1.165, 1.54) is 71.4 Å². The summed E-state index contributed by atoms with van der Waals surface area (Å²) >= 11 is 0. The Morgan fingerprint density at radius 2 is 0.882 bits per heavy atom. The highest BCUT2D eigenvalue weighted by molar-refractivity contribution is 6.20. The van der Waals surface area contributed by atoms with Crippen molar-refractivity contribution in [1.82, 2.24) is 28.7 Å². The van der Waals surface area contributed by atoms with Gasteiger partial charge >= 0.3 is 0 Å². The lowest BCUT2D eigenvalue weighted by Gasteiger charge is -2.34. The van der Waals surface area contributed by atoms with Gasteiger partial charge in [-0.2, -0.15) is 0 Å². The van der Waals surface area contributed by atoms with Gasteiger partial charge in [-0.15, -0.1) is 0 Å². The molecule has 0 saturated heterocycles. The van der Waals surface area contributed by atoms with E-state index in [0.717, 1.165) is 39.1 Å². The molecule has 14 rings (SSSR count). The van der Waals surface area contributed by atoms with Crippen LogP contribution in [0.25, 0.3) is 117 Å². The molecule has 0 aliphatic carbocycles. The van der Waals surface area contributed by atoms with Crippen LogP contribution in [0.15, 0.2) is 219 Å². The first kappa shape index (κ1) is 38.4. The second kappa shape index (κ2) is 14.6. The highest BCUT2D eigenvalue weighted by Crippen LogP contribution is 2.49. The number of benzene rings is 9. The molecule has 0 spiro atoms. The maximum absolute atomic E-state index is 5.06. The van der Waals surface area contributed by atoms with Crippen LogP contribution in [-0.2, 0) is 5.41 Å². The van der Waals surface area contributed by atoms with Crippen LogP contribution in [0.1, 0.15) is 25.0 Å². The van der Waals surface area contributed by atoms with Crippen molar-refractivity contribution in [2.45, 2.75) is 19.3 Å². The molecule has 13 aromatic rings. The largest absolute Gasteiger partial charge is 0.316 e. The van der Waals surface area contributed by atoms with Crippen molar-refractivity contribution < 1.29 is 0 Å². The van der Waals surface area contributed by atoms with Crippen molar-refractivity contribution in [3.05, 3.63) is 230 Å². The third-order valence-electron chi connectivity index (χ3n) is 14.3. The van der Waals surface area contributed by atoms with Gasteiger partial charge in [-0.3, -0.25) is 0 Å². The molecule has 0 amide bonds. The summed E-state index contributed by atoms with van der Waals surface area (Å²) in [5.41, 5.74) is 17.1. The summed E-state index contributed by atoms with van der Waals surface area (Å²) in [7, 11) is 0. The van der Waals surface area contributed by atoms with E-state index in [-0.39, 0.29) is 5.41 Å². The predicted octanol–water partition coefficient (Wildman–Crippen LogP) is 15.3. The van der Waals surface area contributed by atoms with Gasteiger partial charge in [0.25, 0.3) is 0 Å². The Morgan fingerprint density at radius 3 is 1.59 bits per heavy atom. The molecule has 6 heteroatoms. The van der Waals surface area contributed by atoms with E-state index in [1.54, 1.807) is 0 Å². The third-order valence-corrected chi connectivity index (χ3v) is 14.3. The van der Waals surface area contributed by atoms with Gasteiger partial charge < -0.3 is 13.7 Å². The van der Waals surface area contributed by atoms with Crippen LogP contribution in [0.2, 0.25) is 0 Å². The lowest BCUT2D eigenvalue weighted by Crippen LogP contribution is -2.26. The quantitative estimate of drug-likeness (QED) is 0.167. The zero-order chi connectivity index (χ0) is 45.1. The van der Waals surface area contributed by atoms with E-state index in [1.807, 2.05) is 60.7 Å². The van der Waals surface area contributed by atoms with Crippen LogP contribution in [0.3, 0.4) is 0 Å². The highest BCUT2D eigenvalue weighted by Gasteiger charge is 2.35. The lowest BCUT2D eigenvalue weighted by atomic mass is 9.74. The number of hydrogen-bond donors (Lipinski definition) is 0. The zero-order valence-electron chi connectivity index (χ0n) is 37.5. The first-order valence-corrected chi connectivity index (χ1v) is 23.3. The summed E-state index contributed by atoms with van der Waals surface area (Å²) < 4.78 is 7.24. The minimum absolute atomic E-state index is 0.184. The lowest BCUT2D eigenvalue weighted by molar-refractivity contribution is 0.629. The average Bonchev–Trinajstić information content (AvgIpc) is 4.09. The van der Waals surface area contributed by atoms with Crippen molar-refractivity contribution in [3.63, 3.8) is 0 Å². The van der Waals surface area contributed by atoms with E-state index >= 15 is 0 Å². The Balaban J connectivity index is 0.934. The number of para-hydroxylation sites is 3. The summed E-state index contributed by atoms with van der Waals surface area (Å²) in [6.45, 7) is 4.76. The first-order valence-electron chi connectivity index (χ1n) is 23.3. The van der Waals surface area contributed by atoms with Crippen LogP contribution in [-0.4, -0.2) is 28.7 Å². The van der Waals surface area contributed by atoms with Gasteiger partial charge in [-0.25, -0.2) is 15.0 Å². The molecule has 0 atom stereocenters. The number of nitrogens with zero attached hydrogens (tertiary/aromatic N) is 6. The van der Waals surface area contributed by atoms with E-state index in [0.29, 0.717) is 17.5 Å². The average molecular weight is 871 g/mol. The summed E-state index contributed by atoms with van der Waals surface area (Å²) in [5, 5.41) is 6.17. The summed E-state index contributed by atoms with van der Waals surface area (Å²) in [6.07, 6.45) is 2.26. The van der Waals surface area contributed by atoms with Crippen molar-refractivity contribution in [2.24, 2.45) is 0 Å². The maximum atomic E-state index is 5.06. The number of fused-ring (bicyclic) bond motifs is 9. The Bertz CT molecular complexity index is 4100. The van der Waals surface area contributed by atoms with Gasteiger partial charge in [-0.05, 0) is 95.1 Å². The molecule has 0 bridgehead atoms. The predicted molar refractivity (Wildman–Crippen MR) is 279 cm³/mol.